The van der Waals surface area contributed by atoms with Gasteiger partial charge in [0.15, 0.2) is 0 Å². The molecule has 5 heteroatoms. The molecule has 0 aromatic rings. The van der Waals surface area contributed by atoms with Crippen LogP contribution in [0.4, 0.5) is 0 Å². The van der Waals surface area contributed by atoms with E-state index in [1.165, 1.54) is 167 Å². The van der Waals surface area contributed by atoms with Crippen molar-refractivity contribution in [3.63, 3.8) is 0 Å². The fraction of sp³-hybridized carbons (Fsp3) is 1.00. The molecule has 0 aromatic carbocycles. The van der Waals surface area contributed by atoms with Crippen LogP contribution in [0.2, 0.25) is 0 Å². The highest BCUT2D eigenvalue weighted by Gasteiger charge is 2.31. The third-order valence-corrected chi connectivity index (χ3v) is 10.0. The van der Waals surface area contributed by atoms with Crippen LogP contribution in [0, 0.1) is 0 Å². The van der Waals surface area contributed by atoms with Crippen molar-refractivity contribution >= 4 is 0 Å². The molecule has 2 atom stereocenters. The number of aliphatic hydroxyl groups is 1. The molecule has 0 fully saturated rings. The lowest BCUT2D eigenvalue weighted by atomic mass is 9.87. The highest BCUT2D eigenvalue weighted by molar-refractivity contribution is 4.90. The van der Waals surface area contributed by atoms with Crippen LogP contribution in [-0.4, -0.2) is 49.7 Å². The number of unbranched alkanes of at least 4 members (excludes halogenated alkanes) is 26. The first-order chi connectivity index (χ1) is 22.6. The first-order valence-corrected chi connectivity index (χ1v) is 20.9. The number of rotatable bonds is 40. The lowest BCUT2D eigenvalue weighted by Gasteiger charge is -2.33. The quantitative estimate of drug-likeness (QED) is 0.0572. The second kappa shape index (κ2) is 37.6. The van der Waals surface area contributed by atoms with Crippen LogP contribution in [0.25, 0.3) is 0 Å². The van der Waals surface area contributed by atoms with Crippen LogP contribution in [-0.2, 0) is 9.47 Å². The maximum Gasteiger partial charge on any atom is 0.0920 e. The highest BCUT2D eigenvalue weighted by Crippen LogP contribution is 2.19. The van der Waals surface area contributed by atoms with Gasteiger partial charge >= 0.3 is 0 Å². The Bertz CT molecular complexity index is 564. The highest BCUT2D eigenvalue weighted by atomic mass is 16.5. The van der Waals surface area contributed by atoms with E-state index in [4.69, 9.17) is 20.9 Å². The third kappa shape index (κ3) is 32.4. The molecule has 5 N–H and O–H groups in total. The van der Waals surface area contributed by atoms with Crippen molar-refractivity contribution in [3.8, 4) is 0 Å². The van der Waals surface area contributed by atoms with Crippen LogP contribution in [0.3, 0.4) is 0 Å². The van der Waals surface area contributed by atoms with Crippen molar-refractivity contribution in [1.29, 1.82) is 0 Å². The maximum absolute atomic E-state index is 11.0. The van der Waals surface area contributed by atoms with E-state index >= 15 is 0 Å². The van der Waals surface area contributed by atoms with Crippen LogP contribution in [0.15, 0.2) is 0 Å². The average Bonchev–Trinajstić information content (AvgIpc) is 3.06. The molecule has 0 aliphatic rings. The maximum atomic E-state index is 11.0. The van der Waals surface area contributed by atoms with Crippen LogP contribution in [0.5, 0.6) is 0 Å². The topological polar surface area (TPSA) is 90.7 Å². The van der Waals surface area contributed by atoms with E-state index in [1.54, 1.807) is 0 Å². The molecule has 5 nitrogen and oxygen atoms in total. The molecule has 0 aromatic heterocycles. The second-order valence-corrected chi connectivity index (χ2v) is 14.6. The second-order valence-electron chi connectivity index (χ2n) is 14.6. The molecule has 0 saturated carbocycles. The van der Waals surface area contributed by atoms with E-state index in [0.717, 1.165) is 51.9 Å². The van der Waals surface area contributed by atoms with Crippen LogP contribution < -0.4 is 11.5 Å². The normalized spacial score (nSPS) is 13.8. The number of hydrogen-bond donors (Lipinski definition) is 3. The van der Waals surface area contributed by atoms with Gasteiger partial charge < -0.3 is 26.0 Å². The van der Waals surface area contributed by atoms with Gasteiger partial charge in [-0.1, -0.05) is 181 Å². The average molecular weight is 655 g/mol. The molecule has 0 amide bonds. The molecule has 0 bridgehead atoms. The summed E-state index contributed by atoms with van der Waals surface area (Å²) in [6.45, 7) is 7.83. The monoisotopic (exact) mass is 655 g/mol. The molecule has 0 rings (SSSR count). The summed E-state index contributed by atoms with van der Waals surface area (Å²) in [6, 6.07) is -0.312. The molecule has 0 radical (unpaired) electrons. The Kier molecular flexibility index (Phi) is 37.5. The molecular weight excluding hydrogens is 568 g/mol. The van der Waals surface area contributed by atoms with E-state index in [9.17, 15) is 5.11 Å². The standard InChI is InChI=1S/C41H86N2O3/c1-3-5-7-9-11-13-15-17-19-21-23-25-27-29-35-45-37-31-33-40(43)41(44,39-42)34-32-38-46-36-30-28-26-24-22-20-18-16-14-12-10-8-6-4-2/h40,44H,3-39,42-43H2,1-2H3. The summed E-state index contributed by atoms with van der Waals surface area (Å²) in [6.07, 6.45) is 41.5. The van der Waals surface area contributed by atoms with Crippen molar-refractivity contribution in [3.05, 3.63) is 0 Å². The predicted octanol–water partition coefficient (Wildman–Crippen LogP) is 11.6. The number of hydrogen-bond acceptors (Lipinski definition) is 5. The Hall–Kier alpha value is -0.200. The zero-order valence-corrected chi connectivity index (χ0v) is 31.7. The Labute approximate surface area is 289 Å². The zero-order valence-electron chi connectivity index (χ0n) is 31.7. The molecule has 0 heterocycles. The lowest BCUT2D eigenvalue weighted by Crippen LogP contribution is -2.53. The molecule has 0 saturated heterocycles. The summed E-state index contributed by atoms with van der Waals surface area (Å²) >= 11 is 0. The Morgan fingerprint density at radius 1 is 0.435 bits per heavy atom. The Morgan fingerprint density at radius 3 is 1.04 bits per heavy atom. The summed E-state index contributed by atoms with van der Waals surface area (Å²) < 4.78 is 11.7. The summed E-state index contributed by atoms with van der Waals surface area (Å²) in [7, 11) is 0. The first kappa shape index (κ1) is 45.8. The van der Waals surface area contributed by atoms with Crippen molar-refractivity contribution in [2.75, 3.05) is 33.0 Å². The third-order valence-electron chi connectivity index (χ3n) is 10.0. The minimum absolute atomic E-state index is 0.201. The van der Waals surface area contributed by atoms with E-state index in [-0.39, 0.29) is 12.6 Å². The summed E-state index contributed by atoms with van der Waals surface area (Å²) in [5, 5.41) is 11.0. The summed E-state index contributed by atoms with van der Waals surface area (Å²) in [4.78, 5) is 0. The molecule has 0 spiro atoms. The predicted molar refractivity (Wildman–Crippen MR) is 203 cm³/mol. The zero-order chi connectivity index (χ0) is 33.7. The van der Waals surface area contributed by atoms with Crippen molar-refractivity contribution < 1.29 is 14.6 Å². The summed E-state index contributed by atoms with van der Waals surface area (Å²) in [5.74, 6) is 0. The Morgan fingerprint density at radius 2 is 0.717 bits per heavy atom. The number of nitrogens with two attached hydrogens (primary N) is 2. The lowest BCUT2D eigenvalue weighted by molar-refractivity contribution is -0.00105. The van der Waals surface area contributed by atoms with Gasteiger partial charge in [0.05, 0.1) is 5.60 Å². The van der Waals surface area contributed by atoms with Gasteiger partial charge in [-0.2, -0.15) is 0 Å². The van der Waals surface area contributed by atoms with Gasteiger partial charge in [0.1, 0.15) is 0 Å². The van der Waals surface area contributed by atoms with Crippen molar-refractivity contribution in [2.24, 2.45) is 11.5 Å². The van der Waals surface area contributed by atoms with E-state index in [2.05, 4.69) is 13.8 Å². The number of ether oxygens (including phenoxy) is 2. The fourth-order valence-electron chi connectivity index (χ4n) is 6.59. The van der Waals surface area contributed by atoms with Gasteiger partial charge in [-0.15, -0.1) is 0 Å². The SMILES string of the molecule is CCCCCCCCCCCCCCCCOCCCC(N)C(O)(CN)CCCOCCCCCCCCCCCCCCCC. The van der Waals surface area contributed by atoms with Crippen LogP contribution in [0.1, 0.15) is 219 Å². The summed E-state index contributed by atoms with van der Waals surface area (Å²) in [5.41, 5.74) is 11.3. The molecule has 278 valence electrons. The fourth-order valence-corrected chi connectivity index (χ4v) is 6.59. The van der Waals surface area contributed by atoms with Gasteiger partial charge in [-0.05, 0) is 38.5 Å². The molecule has 0 aliphatic heterocycles. The largest absolute Gasteiger partial charge is 0.387 e. The smallest absolute Gasteiger partial charge is 0.0920 e. The van der Waals surface area contributed by atoms with Gasteiger partial charge in [0.2, 0.25) is 0 Å². The molecule has 2 unspecified atom stereocenters. The minimum atomic E-state index is -1.01. The van der Waals surface area contributed by atoms with E-state index < -0.39 is 5.60 Å². The molecule has 0 aliphatic carbocycles. The van der Waals surface area contributed by atoms with Gasteiger partial charge in [0.25, 0.3) is 0 Å². The van der Waals surface area contributed by atoms with E-state index in [0.29, 0.717) is 13.0 Å². The van der Waals surface area contributed by atoms with Crippen molar-refractivity contribution in [2.45, 2.75) is 231 Å². The minimum Gasteiger partial charge on any atom is -0.387 e. The molecule has 46 heavy (non-hydrogen) atoms. The van der Waals surface area contributed by atoms with Gasteiger partial charge in [-0.25, -0.2) is 0 Å². The Balaban J connectivity index is 3.48. The molecular formula is C41H86N2O3. The van der Waals surface area contributed by atoms with Crippen LogP contribution >= 0.6 is 0 Å². The van der Waals surface area contributed by atoms with Gasteiger partial charge in [-0.3, -0.25) is 0 Å². The van der Waals surface area contributed by atoms with Crippen molar-refractivity contribution in [1.82, 2.24) is 0 Å². The van der Waals surface area contributed by atoms with Gasteiger partial charge in [0, 0.05) is 39.0 Å². The van der Waals surface area contributed by atoms with E-state index in [1.807, 2.05) is 0 Å². The first-order valence-electron chi connectivity index (χ1n) is 20.9.